The number of aromatic nitrogens is 2. The summed E-state index contributed by atoms with van der Waals surface area (Å²) in [6.07, 6.45) is 4.51. The molecule has 2 heterocycles. The molecule has 4 heteroatoms. The molecule has 0 saturated carbocycles. The van der Waals surface area contributed by atoms with E-state index in [-0.39, 0.29) is 0 Å². The first-order chi connectivity index (χ1) is 6.64. The van der Waals surface area contributed by atoms with Crippen LogP contribution in [-0.2, 0) is 0 Å². The Morgan fingerprint density at radius 1 is 1.43 bits per heavy atom. The average molecular weight is 192 g/mol. The SMILES string of the molecule is CCC1(C)CN(c2nccnc2N)C1. The normalized spacial score (nSPS) is 19.1. The van der Waals surface area contributed by atoms with Crippen molar-refractivity contribution in [2.24, 2.45) is 5.41 Å². The number of nitrogens with two attached hydrogens (primary N) is 1. The van der Waals surface area contributed by atoms with Crippen molar-refractivity contribution in [3.63, 3.8) is 0 Å². The highest BCUT2D eigenvalue weighted by atomic mass is 15.3. The fourth-order valence-electron chi connectivity index (χ4n) is 1.83. The molecule has 0 radical (unpaired) electrons. The predicted octanol–water partition coefficient (Wildman–Crippen LogP) is 1.30. The summed E-state index contributed by atoms with van der Waals surface area (Å²) in [5.41, 5.74) is 6.18. The molecule has 0 atom stereocenters. The Bertz CT molecular complexity index is 331. The van der Waals surface area contributed by atoms with Gasteiger partial charge in [-0.2, -0.15) is 0 Å². The van der Waals surface area contributed by atoms with Crippen molar-refractivity contribution in [2.45, 2.75) is 20.3 Å². The third-order valence-corrected chi connectivity index (χ3v) is 3.00. The highest BCUT2D eigenvalue weighted by Crippen LogP contribution is 2.36. The topological polar surface area (TPSA) is 55.0 Å². The van der Waals surface area contributed by atoms with Crippen LogP contribution in [0.4, 0.5) is 11.6 Å². The summed E-state index contributed by atoms with van der Waals surface area (Å²) in [4.78, 5) is 10.5. The molecule has 1 aromatic rings. The maximum absolute atomic E-state index is 5.75. The van der Waals surface area contributed by atoms with Gasteiger partial charge in [-0.15, -0.1) is 0 Å². The standard InChI is InChI=1S/C10H16N4/c1-3-10(2)6-14(7-10)9-8(11)12-4-5-13-9/h4-5H,3,6-7H2,1-2H3,(H2,11,12). The van der Waals surface area contributed by atoms with Crippen LogP contribution < -0.4 is 10.6 Å². The van der Waals surface area contributed by atoms with E-state index in [9.17, 15) is 0 Å². The maximum Gasteiger partial charge on any atom is 0.171 e. The summed E-state index contributed by atoms with van der Waals surface area (Å²) in [5, 5.41) is 0. The van der Waals surface area contributed by atoms with E-state index in [0.29, 0.717) is 11.2 Å². The Kier molecular flexibility index (Phi) is 2.06. The Morgan fingerprint density at radius 3 is 2.64 bits per heavy atom. The molecule has 4 nitrogen and oxygen atoms in total. The molecule has 0 aliphatic carbocycles. The summed E-state index contributed by atoms with van der Waals surface area (Å²) in [7, 11) is 0. The van der Waals surface area contributed by atoms with Crippen LogP contribution in [0.1, 0.15) is 20.3 Å². The van der Waals surface area contributed by atoms with E-state index in [0.717, 1.165) is 18.9 Å². The minimum atomic E-state index is 0.434. The lowest BCUT2D eigenvalue weighted by Crippen LogP contribution is -2.55. The van der Waals surface area contributed by atoms with E-state index < -0.39 is 0 Å². The first-order valence-electron chi connectivity index (χ1n) is 4.96. The van der Waals surface area contributed by atoms with Crippen LogP contribution in [0.25, 0.3) is 0 Å². The number of hydrogen-bond acceptors (Lipinski definition) is 4. The van der Waals surface area contributed by atoms with Crippen LogP contribution in [0, 0.1) is 5.41 Å². The van der Waals surface area contributed by atoms with E-state index in [2.05, 4.69) is 28.7 Å². The largest absolute Gasteiger partial charge is 0.381 e. The van der Waals surface area contributed by atoms with Crippen molar-refractivity contribution >= 4 is 11.6 Å². The van der Waals surface area contributed by atoms with Gasteiger partial charge in [0.1, 0.15) is 0 Å². The Balaban J connectivity index is 2.10. The molecule has 1 fully saturated rings. The van der Waals surface area contributed by atoms with Gasteiger partial charge in [0.15, 0.2) is 11.6 Å². The molecule has 0 amide bonds. The van der Waals surface area contributed by atoms with Gasteiger partial charge in [-0.05, 0) is 6.42 Å². The summed E-state index contributed by atoms with van der Waals surface area (Å²) in [6, 6.07) is 0. The lowest BCUT2D eigenvalue weighted by atomic mass is 9.79. The molecule has 14 heavy (non-hydrogen) atoms. The molecule has 2 N–H and O–H groups in total. The number of nitrogen functional groups attached to an aromatic ring is 1. The number of anilines is 2. The van der Waals surface area contributed by atoms with Crippen molar-refractivity contribution in [1.29, 1.82) is 0 Å². The summed E-state index contributed by atoms with van der Waals surface area (Å²) >= 11 is 0. The van der Waals surface area contributed by atoms with E-state index in [4.69, 9.17) is 5.73 Å². The fourth-order valence-corrected chi connectivity index (χ4v) is 1.83. The number of rotatable bonds is 2. The van der Waals surface area contributed by atoms with Crippen molar-refractivity contribution in [3.8, 4) is 0 Å². The first kappa shape index (κ1) is 9.24. The Hall–Kier alpha value is -1.32. The van der Waals surface area contributed by atoms with E-state index in [1.807, 2.05) is 0 Å². The second-order valence-electron chi connectivity index (χ2n) is 4.29. The van der Waals surface area contributed by atoms with Crippen LogP contribution in [0.5, 0.6) is 0 Å². The van der Waals surface area contributed by atoms with E-state index in [1.54, 1.807) is 12.4 Å². The summed E-state index contributed by atoms with van der Waals surface area (Å²) < 4.78 is 0. The third kappa shape index (κ3) is 1.41. The minimum absolute atomic E-state index is 0.434. The van der Waals surface area contributed by atoms with Gasteiger partial charge >= 0.3 is 0 Å². The van der Waals surface area contributed by atoms with E-state index in [1.165, 1.54) is 6.42 Å². The predicted molar refractivity (Wildman–Crippen MR) is 57.1 cm³/mol. The maximum atomic E-state index is 5.75. The number of nitrogens with zero attached hydrogens (tertiary/aromatic N) is 3. The van der Waals surface area contributed by atoms with Gasteiger partial charge in [0.05, 0.1) is 0 Å². The fraction of sp³-hybridized carbons (Fsp3) is 0.600. The lowest BCUT2D eigenvalue weighted by molar-refractivity contribution is 0.232. The molecule has 1 aliphatic rings. The molecule has 2 rings (SSSR count). The Morgan fingerprint density at radius 2 is 2.07 bits per heavy atom. The molecule has 0 unspecified atom stereocenters. The van der Waals surface area contributed by atoms with E-state index >= 15 is 0 Å². The third-order valence-electron chi connectivity index (χ3n) is 3.00. The lowest BCUT2D eigenvalue weighted by Gasteiger charge is -2.48. The van der Waals surface area contributed by atoms with Gasteiger partial charge in [-0.3, -0.25) is 0 Å². The minimum Gasteiger partial charge on any atom is -0.381 e. The van der Waals surface area contributed by atoms with Crippen molar-refractivity contribution in [3.05, 3.63) is 12.4 Å². The van der Waals surface area contributed by atoms with Crippen molar-refractivity contribution in [2.75, 3.05) is 23.7 Å². The molecule has 0 bridgehead atoms. The molecule has 1 aliphatic heterocycles. The van der Waals surface area contributed by atoms with Gasteiger partial charge < -0.3 is 10.6 Å². The molecule has 0 aromatic carbocycles. The highest BCUT2D eigenvalue weighted by molar-refractivity contribution is 5.59. The molecule has 0 spiro atoms. The van der Waals surface area contributed by atoms with Crippen LogP contribution in [-0.4, -0.2) is 23.1 Å². The summed E-state index contributed by atoms with van der Waals surface area (Å²) in [6.45, 7) is 6.58. The van der Waals surface area contributed by atoms with Gasteiger partial charge in [-0.1, -0.05) is 13.8 Å². The van der Waals surface area contributed by atoms with Gasteiger partial charge in [0.25, 0.3) is 0 Å². The zero-order chi connectivity index (χ0) is 10.2. The van der Waals surface area contributed by atoms with Crippen molar-refractivity contribution in [1.82, 2.24) is 9.97 Å². The second kappa shape index (κ2) is 3.12. The van der Waals surface area contributed by atoms with Gasteiger partial charge in [0.2, 0.25) is 0 Å². The molecular formula is C10H16N4. The Labute approximate surface area is 84.2 Å². The van der Waals surface area contributed by atoms with Crippen molar-refractivity contribution < 1.29 is 0 Å². The second-order valence-corrected chi connectivity index (χ2v) is 4.29. The highest BCUT2D eigenvalue weighted by Gasteiger charge is 2.38. The molecule has 1 saturated heterocycles. The van der Waals surface area contributed by atoms with Gasteiger partial charge in [0, 0.05) is 30.9 Å². The average Bonchev–Trinajstić information content (AvgIpc) is 2.14. The summed E-state index contributed by atoms with van der Waals surface area (Å²) in [5.74, 6) is 1.36. The van der Waals surface area contributed by atoms with Crippen LogP contribution >= 0.6 is 0 Å². The molecule has 1 aromatic heterocycles. The van der Waals surface area contributed by atoms with Crippen LogP contribution in [0.3, 0.4) is 0 Å². The smallest absolute Gasteiger partial charge is 0.171 e. The molecule has 76 valence electrons. The quantitative estimate of drug-likeness (QED) is 0.767. The first-order valence-corrected chi connectivity index (χ1v) is 4.96. The van der Waals surface area contributed by atoms with Crippen LogP contribution in [0.15, 0.2) is 12.4 Å². The molecular weight excluding hydrogens is 176 g/mol. The number of hydrogen-bond donors (Lipinski definition) is 1. The zero-order valence-electron chi connectivity index (χ0n) is 8.70. The monoisotopic (exact) mass is 192 g/mol. The zero-order valence-corrected chi connectivity index (χ0v) is 8.70. The van der Waals surface area contributed by atoms with Gasteiger partial charge in [-0.25, -0.2) is 9.97 Å². The van der Waals surface area contributed by atoms with Crippen LogP contribution in [0.2, 0.25) is 0 Å².